The molecule has 1 aromatic heterocycles. The maximum atomic E-state index is 13.1. The molecule has 0 spiro atoms. The van der Waals surface area contributed by atoms with E-state index in [2.05, 4.69) is 82.0 Å². The molecule has 1 aliphatic rings. The topological polar surface area (TPSA) is 124 Å². The predicted molar refractivity (Wildman–Crippen MR) is 152 cm³/mol. The fraction of sp³-hybridized carbons (Fsp3) is 0.370. The molecule has 1 saturated heterocycles. The monoisotopic (exact) mass is 515 g/mol. The molecular weight excluding hydrogens is 474 g/mol. The lowest BCUT2D eigenvalue weighted by Gasteiger charge is -2.37. The molecule has 5 N–H and O–H groups in total. The van der Waals surface area contributed by atoms with Gasteiger partial charge in [0, 0.05) is 45.8 Å². The lowest BCUT2D eigenvalue weighted by molar-refractivity contribution is -0.132. The van der Waals surface area contributed by atoms with Gasteiger partial charge in [-0.2, -0.15) is 0 Å². The second kappa shape index (κ2) is 13.8. The van der Waals surface area contributed by atoms with Gasteiger partial charge in [0.2, 0.25) is 5.91 Å². The van der Waals surface area contributed by atoms with Crippen molar-refractivity contribution in [3.8, 4) is 0 Å². The smallest absolute Gasteiger partial charge is 0.229 e. The Kier molecular flexibility index (Phi) is 11.2. The largest absolute Gasteiger partial charge is 0.412 e. The van der Waals surface area contributed by atoms with Gasteiger partial charge < -0.3 is 25.5 Å². The van der Waals surface area contributed by atoms with Gasteiger partial charge in [0.25, 0.3) is 0 Å². The van der Waals surface area contributed by atoms with Crippen LogP contribution in [0.25, 0.3) is 0 Å². The second-order valence-corrected chi connectivity index (χ2v) is 10.0. The zero-order valence-electron chi connectivity index (χ0n) is 21.1. The molecule has 0 aliphatic carbocycles. The normalized spacial score (nSPS) is 14.0. The van der Waals surface area contributed by atoms with Crippen LogP contribution in [0.2, 0.25) is 0 Å². The molecule has 0 unspecified atom stereocenters. The summed E-state index contributed by atoms with van der Waals surface area (Å²) in [6.07, 6.45) is 4.32. The molecule has 0 radical (unpaired) electrons. The molecule has 2 heterocycles. The summed E-state index contributed by atoms with van der Waals surface area (Å²) in [4.78, 5) is 26.7. The van der Waals surface area contributed by atoms with Crippen molar-refractivity contribution in [1.82, 2.24) is 14.9 Å². The fourth-order valence-corrected chi connectivity index (χ4v) is 4.82. The molecule has 198 valence electrons. The van der Waals surface area contributed by atoms with Crippen LogP contribution >= 0.6 is 11.9 Å². The number of anilines is 2. The highest BCUT2D eigenvalue weighted by molar-refractivity contribution is 8.00. The van der Waals surface area contributed by atoms with Gasteiger partial charge in [-0.15, -0.1) is 0 Å². The summed E-state index contributed by atoms with van der Waals surface area (Å²) in [5.41, 5.74) is 3.62. The van der Waals surface area contributed by atoms with Crippen LogP contribution in [0.5, 0.6) is 0 Å². The number of aromatic nitrogens is 2. The number of rotatable bonds is 8. The average Bonchev–Trinajstić information content (AvgIpc) is 2.88. The van der Waals surface area contributed by atoms with Crippen LogP contribution in [-0.4, -0.2) is 57.9 Å². The number of carbonyl (C=O) groups is 1. The third-order valence-electron chi connectivity index (χ3n) is 6.14. The van der Waals surface area contributed by atoms with Crippen molar-refractivity contribution in [2.24, 2.45) is 5.92 Å². The van der Waals surface area contributed by atoms with Gasteiger partial charge in [0.15, 0.2) is 0 Å². The Morgan fingerprint density at radius 1 is 0.972 bits per heavy atom. The van der Waals surface area contributed by atoms with Crippen LogP contribution in [0.3, 0.4) is 0 Å². The van der Waals surface area contributed by atoms with E-state index >= 15 is 0 Å². The standard InChI is InChI=1S/C27H33N5OS.2H2O.2H2/c1-20(2)18-22-4-6-23(7-5-22)21(3)27(33)32-16-14-31(15-17-32)24-8-10-25(11-9-24)34-30-26-12-13-28-19-29-26;;;;/h4-13,19-21H,14-18H2,1-3H3,(H,28,29,30);2*1H2;2*1H/t21-;;;;/m0..../s1. The van der Waals surface area contributed by atoms with Crippen molar-refractivity contribution in [2.45, 2.75) is 38.0 Å². The van der Waals surface area contributed by atoms with Crippen LogP contribution < -0.4 is 9.62 Å². The molecule has 4 rings (SSSR count). The van der Waals surface area contributed by atoms with E-state index in [9.17, 15) is 4.79 Å². The van der Waals surface area contributed by atoms with E-state index in [0.717, 1.165) is 48.9 Å². The molecule has 9 heteroatoms. The summed E-state index contributed by atoms with van der Waals surface area (Å²) < 4.78 is 3.22. The quantitative estimate of drug-likeness (QED) is 0.451. The Labute approximate surface area is 220 Å². The third kappa shape index (κ3) is 7.68. The van der Waals surface area contributed by atoms with E-state index in [1.165, 1.54) is 29.5 Å². The van der Waals surface area contributed by atoms with Crippen molar-refractivity contribution in [1.29, 1.82) is 0 Å². The number of nitrogens with one attached hydrogen (secondary N) is 1. The van der Waals surface area contributed by atoms with Crippen LogP contribution in [0, 0.1) is 5.92 Å². The van der Waals surface area contributed by atoms with Gasteiger partial charge in [-0.25, -0.2) is 9.97 Å². The highest BCUT2D eigenvalue weighted by Crippen LogP contribution is 2.25. The summed E-state index contributed by atoms with van der Waals surface area (Å²) in [6.45, 7) is 9.67. The van der Waals surface area contributed by atoms with Crippen molar-refractivity contribution < 1.29 is 18.6 Å². The third-order valence-corrected chi connectivity index (χ3v) is 6.96. The first-order chi connectivity index (χ1) is 16.5. The minimum atomic E-state index is -0.113. The molecule has 2 aromatic carbocycles. The molecule has 3 aromatic rings. The summed E-state index contributed by atoms with van der Waals surface area (Å²) in [7, 11) is 0. The number of piperazine rings is 1. The minimum Gasteiger partial charge on any atom is -0.412 e. The Morgan fingerprint density at radius 2 is 1.64 bits per heavy atom. The first-order valence-corrected chi connectivity index (χ1v) is 12.7. The molecule has 36 heavy (non-hydrogen) atoms. The zero-order chi connectivity index (χ0) is 23.9. The van der Waals surface area contributed by atoms with E-state index in [1.807, 2.05) is 17.9 Å². The Hall–Kier alpha value is -3.14. The first kappa shape index (κ1) is 29.1. The van der Waals surface area contributed by atoms with E-state index in [1.54, 1.807) is 6.20 Å². The highest BCUT2D eigenvalue weighted by atomic mass is 32.2. The van der Waals surface area contributed by atoms with Gasteiger partial charge in [0.05, 0.1) is 5.92 Å². The minimum absolute atomic E-state index is 0. The molecular formula is C27H41N5O3S. The summed E-state index contributed by atoms with van der Waals surface area (Å²) in [5, 5.41) is 0. The number of amides is 1. The number of nitrogens with zero attached hydrogens (tertiary/aromatic N) is 4. The van der Waals surface area contributed by atoms with Gasteiger partial charge in [-0.05, 0) is 72.7 Å². The molecule has 0 saturated carbocycles. The van der Waals surface area contributed by atoms with Gasteiger partial charge in [-0.1, -0.05) is 38.1 Å². The van der Waals surface area contributed by atoms with Crippen LogP contribution in [0.4, 0.5) is 11.5 Å². The van der Waals surface area contributed by atoms with Crippen molar-refractivity contribution in [2.75, 3.05) is 35.8 Å². The summed E-state index contributed by atoms with van der Waals surface area (Å²) in [6, 6.07) is 18.9. The first-order valence-electron chi connectivity index (χ1n) is 11.9. The van der Waals surface area contributed by atoms with Crippen molar-refractivity contribution >= 4 is 29.4 Å². The summed E-state index contributed by atoms with van der Waals surface area (Å²) in [5.74, 6) is 1.53. The maximum Gasteiger partial charge on any atom is 0.229 e. The van der Waals surface area contributed by atoms with Crippen LogP contribution in [-0.2, 0) is 11.2 Å². The lowest BCUT2D eigenvalue weighted by Crippen LogP contribution is -2.49. The Balaban J connectivity index is 0.00000342. The number of hydrogen-bond donors (Lipinski definition) is 1. The fourth-order valence-electron chi connectivity index (χ4n) is 4.20. The molecule has 1 atom stereocenters. The molecule has 1 aliphatic heterocycles. The molecule has 0 bridgehead atoms. The number of benzene rings is 2. The zero-order valence-corrected chi connectivity index (χ0v) is 22.0. The number of hydrogen-bond acceptors (Lipinski definition) is 6. The molecule has 1 amide bonds. The lowest BCUT2D eigenvalue weighted by atomic mass is 9.95. The van der Waals surface area contributed by atoms with Gasteiger partial charge in [0.1, 0.15) is 12.1 Å². The van der Waals surface area contributed by atoms with Crippen molar-refractivity contribution in [3.63, 3.8) is 0 Å². The SMILES string of the molecule is CC(C)Cc1ccc([C@H](C)C(=O)N2CCN(c3ccc(SNc4ccncn4)cc3)CC2)cc1.O.O.[HH].[HH]. The van der Waals surface area contributed by atoms with E-state index in [-0.39, 0.29) is 25.6 Å². The highest BCUT2D eigenvalue weighted by Gasteiger charge is 2.26. The summed E-state index contributed by atoms with van der Waals surface area (Å²) >= 11 is 1.53. The van der Waals surface area contributed by atoms with Crippen molar-refractivity contribution in [3.05, 3.63) is 78.2 Å². The predicted octanol–water partition coefficient (Wildman–Crippen LogP) is 4.09. The molecule has 1 fully saturated rings. The second-order valence-electron chi connectivity index (χ2n) is 9.17. The van der Waals surface area contributed by atoms with Crippen LogP contribution in [0.15, 0.2) is 72.0 Å². The Bertz CT molecular complexity index is 1070. The number of carbonyl (C=O) groups excluding carboxylic acids is 1. The van der Waals surface area contributed by atoms with Gasteiger partial charge in [-0.3, -0.25) is 4.79 Å². The molecule has 8 nitrogen and oxygen atoms in total. The van der Waals surface area contributed by atoms with E-state index < -0.39 is 0 Å². The van der Waals surface area contributed by atoms with E-state index in [4.69, 9.17) is 0 Å². The van der Waals surface area contributed by atoms with E-state index in [0.29, 0.717) is 5.92 Å². The average molecular weight is 516 g/mol. The Morgan fingerprint density at radius 3 is 2.22 bits per heavy atom. The van der Waals surface area contributed by atoms with Gasteiger partial charge >= 0.3 is 0 Å². The van der Waals surface area contributed by atoms with Crippen LogP contribution in [0.1, 0.15) is 40.7 Å². The maximum absolute atomic E-state index is 13.1.